The molecule has 2 heterocycles. The van der Waals surface area contributed by atoms with Crippen LogP contribution in [-0.4, -0.2) is 31.0 Å². The maximum absolute atomic E-state index is 13.6. The first-order chi connectivity index (χ1) is 18.3. The third kappa shape index (κ3) is 5.30. The summed E-state index contributed by atoms with van der Waals surface area (Å²) < 4.78 is 8.30. The fraction of sp³-hybridized carbons (Fsp3) is 0.194. The highest BCUT2D eigenvalue weighted by Gasteiger charge is 2.36. The fourth-order valence-corrected chi connectivity index (χ4v) is 5.91. The summed E-state index contributed by atoms with van der Waals surface area (Å²) in [6.07, 6.45) is 3.97. The van der Waals surface area contributed by atoms with Gasteiger partial charge in [0, 0.05) is 17.3 Å². The van der Waals surface area contributed by atoms with Gasteiger partial charge in [-0.05, 0) is 75.2 Å². The molecular weight excluding hydrogens is 510 g/mol. The van der Waals surface area contributed by atoms with Gasteiger partial charge in [-0.1, -0.05) is 72.5 Å². The SMILES string of the molecule is Cc1cc(OC(C)C)ccc1-c1nn(-c2ccccc2)cc1/C=C1\SC(=S)N([C@H](C)c2ccccc2)C1=O. The molecule has 38 heavy (non-hydrogen) atoms. The van der Waals surface area contributed by atoms with Crippen LogP contribution in [0.3, 0.4) is 0 Å². The summed E-state index contributed by atoms with van der Waals surface area (Å²) in [4.78, 5) is 15.9. The van der Waals surface area contributed by atoms with Gasteiger partial charge in [-0.25, -0.2) is 4.68 Å². The van der Waals surface area contributed by atoms with Gasteiger partial charge >= 0.3 is 0 Å². The topological polar surface area (TPSA) is 47.4 Å². The lowest BCUT2D eigenvalue weighted by molar-refractivity contribution is -0.123. The van der Waals surface area contributed by atoms with Crippen molar-refractivity contribution < 1.29 is 9.53 Å². The van der Waals surface area contributed by atoms with Crippen LogP contribution in [0.5, 0.6) is 5.75 Å². The Bertz CT molecular complexity index is 1510. The molecule has 1 fully saturated rings. The minimum Gasteiger partial charge on any atom is -0.491 e. The third-order valence-electron chi connectivity index (χ3n) is 6.37. The second-order valence-corrected chi connectivity index (χ2v) is 11.2. The Morgan fingerprint density at radius 3 is 2.32 bits per heavy atom. The van der Waals surface area contributed by atoms with Crippen molar-refractivity contribution in [3.05, 3.63) is 107 Å². The average molecular weight is 540 g/mol. The summed E-state index contributed by atoms with van der Waals surface area (Å²) in [7, 11) is 0. The molecule has 1 atom stereocenters. The summed E-state index contributed by atoms with van der Waals surface area (Å²) in [6.45, 7) is 8.08. The van der Waals surface area contributed by atoms with Crippen molar-refractivity contribution in [1.82, 2.24) is 14.7 Å². The minimum atomic E-state index is -0.156. The van der Waals surface area contributed by atoms with Crippen LogP contribution in [0.1, 0.15) is 43.5 Å². The number of thiocarbonyl (C=S) groups is 1. The molecule has 192 valence electrons. The highest BCUT2D eigenvalue weighted by molar-refractivity contribution is 8.26. The summed E-state index contributed by atoms with van der Waals surface area (Å²) in [6, 6.07) is 25.8. The van der Waals surface area contributed by atoms with Crippen LogP contribution < -0.4 is 4.74 Å². The number of amides is 1. The highest BCUT2D eigenvalue weighted by atomic mass is 32.2. The Morgan fingerprint density at radius 2 is 1.66 bits per heavy atom. The number of aromatic nitrogens is 2. The molecule has 1 aliphatic heterocycles. The summed E-state index contributed by atoms with van der Waals surface area (Å²) >= 11 is 6.99. The fourth-order valence-electron chi connectivity index (χ4n) is 4.50. The monoisotopic (exact) mass is 539 g/mol. The summed E-state index contributed by atoms with van der Waals surface area (Å²) in [5, 5.41) is 4.95. The number of hydrogen-bond acceptors (Lipinski definition) is 5. The van der Waals surface area contributed by atoms with Crippen LogP contribution in [0.2, 0.25) is 0 Å². The van der Waals surface area contributed by atoms with Gasteiger partial charge in [0.25, 0.3) is 5.91 Å². The van der Waals surface area contributed by atoms with E-state index in [4.69, 9.17) is 22.1 Å². The van der Waals surface area contributed by atoms with Crippen LogP contribution in [0.25, 0.3) is 23.0 Å². The third-order valence-corrected chi connectivity index (χ3v) is 7.70. The molecule has 0 radical (unpaired) electrons. The van der Waals surface area contributed by atoms with E-state index in [0.717, 1.165) is 39.4 Å². The molecular formula is C31H29N3O2S2. The first kappa shape index (κ1) is 25.9. The lowest BCUT2D eigenvalue weighted by Crippen LogP contribution is -2.30. The van der Waals surface area contributed by atoms with E-state index in [1.807, 2.05) is 117 Å². The van der Waals surface area contributed by atoms with Gasteiger partial charge in [0.2, 0.25) is 0 Å². The van der Waals surface area contributed by atoms with E-state index < -0.39 is 0 Å². The Labute approximate surface area is 233 Å². The number of hydrogen-bond donors (Lipinski definition) is 0. The molecule has 5 nitrogen and oxygen atoms in total. The molecule has 7 heteroatoms. The van der Waals surface area contributed by atoms with Gasteiger partial charge in [-0.2, -0.15) is 5.10 Å². The first-order valence-electron chi connectivity index (χ1n) is 12.6. The largest absolute Gasteiger partial charge is 0.491 e. The Kier molecular flexibility index (Phi) is 7.49. The van der Waals surface area contributed by atoms with Crippen LogP contribution in [-0.2, 0) is 4.79 Å². The Morgan fingerprint density at radius 1 is 0.974 bits per heavy atom. The van der Waals surface area contributed by atoms with Gasteiger partial charge in [0.15, 0.2) is 0 Å². The van der Waals surface area contributed by atoms with E-state index in [9.17, 15) is 4.79 Å². The quantitative estimate of drug-likeness (QED) is 0.179. The van der Waals surface area contributed by atoms with Crippen molar-refractivity contribution >= 4 is 40.3 Å². The molecule has 4 aromatic rings. The molecule has 0 N–H and O–H groups in total. The van der Waals surface area contributed by atoms with Crippen molar-refractivity contribution in [1.29, 1.82) is 0 Å². The highest BCUT2D eigenvalue weighted by Crippen LogP contribution is 2.39. The predicted octanol–water partition coefficient (Wildman–Crippen LogP) is 7.60. The molecule has 0 aliphatic carbocycles. The number of thioether (sulfide) groups is 1. The zero-order valence-corrected chi connectivity index (χ0v) is 23.4. The maximum atomic E-state index is 13.6. The number of para-hydroxylation sites is 1. The van der Waals surface area contributed by atoms with E-state index >= 15 is 0 Å². The number of nitrogens with zero attached hydrogens (tertiary/aromatic N) is 3. The van der Waals surface area contributed by atoms with E-state index in [2.05, 4.69) is 6.92 Å². The number of carbonyl (C=O) groups excluding carboxylic acids is 1. The lowest BCUT2D eigenvalue weighted by atomic mass is 10.0. The molecule has 0 spiro atoms. The predicted molar refractivity (Wildman–Crippen MR) is 159 cm³/mol. The Hall–Kier alpha value is -3.68. The van der Waals surface area contributed by atoms with E-state index in [0.29, 0.717) is 9.23 Å². The number of rotatable bonds is 7. The van der Waals surface area contributed by atoms with Gasteiger partial charge in [-0.15, -0.1) is 0 Å². The summed E-state index contributed by atoms with van der Waals surface area (Å²) in [5.74, 6) is 0.730. The van der Waals surface area contributed by atoms with Crippen LogP contribution in [0.4, 0.5) is 0 Å². The zero-order chi connectivity index (χ0) is 26.8. The van der Waals surface area contributed by atoms with Crippen molar-refractivity contribution in [3.63, 3.8) is 0 Å². The Balaban J connectivity index is 1.55. The molecule has 1 amide bonds. The smallest absolute Gasteiger partial charge is 0.266 e. The number of carbonyl (C=O) groups is 1. The molecule has 1 saturated heterocycles. The standard InChI is InChI=1S/C31H29N3O2S2/c1-20(2)36-26-15-16-27(21(3)17-26)29-24(19-33(32-29)25-13-9-6-10-14-25)18-28-30(35)34(31(37)38-28)22(4)23-11-7-5-8-12-23/h5-20,22H,1-4H3/b28-18-/t22-/m1/s1. The van der Waals surface area contributed by atoms with Crippen LogP contribution in [0.15, 0.2) is 90.0 Å². The van der Waals surface area contributed by atoms with Gasteiger partial charge in [0.05, 0.1) is 22.7 Å². The van der Waals surface area contributed by atoms with Crippen molar-refractivity contribution in [2.45, 2.75) is 39.8 Å². The van der Waals surface area contributed by atoms with Crippen LogP contribution >= 0.6 is 24.0 Å². The molecule has 0 saturated carbocycles. The van der Waals surface area contributed by atoms with Crippen molar-refractivity contribution in [2.24, 2.45) is 0 Å². The second kappa shape index (κ2) is 11.0. The summed E-state index contributed by atoms with van der Waals surface area (Å²) in [5.41, 5.74) is 5.65. The van der Waals surface area contributed by atoms with Crippen molar-refractivity contribution in [3.8, 4) is 22.7 Å². The number of ether oxygens (including phenoxy) is 1. The number of benzene rings is 3. The maximum Gasteiger partial charge on any atom is 0.266 e. The molecule has 1 aliphatic rings. The lowest BCUT2D eigenvalue weighted by Gasteiger charge is -2.23. The van der Waals surface area contributed by atoms with E-state index in [1.54, 1.807) is 4.90 Å². The van der Waals surface area contributed by atoms with E-state index in [-0.39, 0.29) is 18.1 Å². The normalized spacial score (nSPS) is 15.5. The number of aryl methyl sites for hydroxylation is 1. The van der Waals surface area contributed by atoms with Crippen LogP contribution in [0, 0.1) is 6.92 Å². The molecule has 3 aromatic carbocycles. The molecule has 0 bridgehead atoms. The average Bonchev–Trinajstić information content (AvgIpc) is 3.44. The van der Waals surface area contributed by atoms with Gasteiger partial charge in [-0.3, -0.25) is 9.69 Å². The van der Waals surface area contributed by atoms with Gasteiger partial charge < -0.3 is 4.74 Å². The van der Waals surface area contributed by atoms with Gasteiger partial charge in [0.1, 0.15) is 15.8 Å². The zero-order valence-electron chi connectivity index (χ0n) is 21.8. The minimum absolute atomic E-state index is 0.0906. The van der Waals surface area contributed by atoms with E-state index in [1.165, 1.54) is 11.8 Å². The molecule has 1 aromatic heterocycles. The molecule has 5 rings (SSSR count). The second-order valence-electron chi connectivity index (χ2n) is 9.49. The first-order valence-corrected chi connectivity index (χ1v) is 13.8. The molecule has 0 unspecified atom stereocenters. The van der Waals surface area contributed by atoms with Crippen molar-refractivity contribution in [2.75, 3.05) is 0 Å².